The van der Waals surface area contributed by atoms with Crippen LogP contribution in [0.4, 0.5) is 0 Å². The van der Waals surface area contributed by atoms with Gasteiger partial charge in [-0.1, -0.05) is 99.5 Å². The topological polar surface area (TPSA) is 0 Å². The van der Waals surface area contributed by atoms with Gasteiger partial charge in [0.05, 0.1) is 0 Å². The van der Waals surface area contributed by atoms with Gasteiger partial charge in [0.2, 0.25) is 0 Å². The van der Waals surface area contributed by atoms with Crippen LogP contribution in [0.15, 0.2) is 109 Å². The molecule has 2 unspecified atom stereocenters. The van der Waals surface area contributed by atoms with Crippen LogP contribution in [0.25, 0.3) is 43.8 Å². The molecule has 0 amide bonds. The summed E-state index contributed by atoms with van der Waals surface area (Å²) < 4.78 is 0. The minimum Gasteiger partial charge on any atom is -1.00 e. The zero-order chi connectivity index (χ0) is 45.5. The Morgan fingerprint density at radius 3 is 1.16 bits per heavy atom. The van der Waals surface area contributed by atoms with E-state index in [1.807, 2.05) is 0 Å². The van der Waals surface area contributed by atoms with Gasteiger partial charge in [-0.05, 0) is 183 Å². The number of benzene rings is 4. The smallest absolute Gasteiger partial charge is 1.00 e. The van der Waals surface area contributed by atoms with Crippen molar-refractivity contribution in [1.82, 2.24) is 0 Å². The van der Waals surface area contributed by atoms with Gasteiger partial charge < -0.3 is 24.8 Å². The maximum Gasteiger partial charge on any atom is -1.00 e. The van der Waals surface area contributed by atoms with Gasteiger partial charge in [-0.2, -0.15) is 12.1 Å². The molecule has 0 radical (unpaired) electrons. The molecule has 8 fully saturated rings. The Morgan fingerprint density at radius 2 is 0.868 bits per heavy atom. The molecule has 8 aliphatic rings. The normalized spacial score (nSPS) is 27.9. The Morgan fingerprint density at radius 1 is 0.515 bits per heavy atom. The minimum absolute atomic E-state index is 0. The predicted octanol–water partition coefficient (Wildman–Crippen LogP) is 12.3. The van der Waals surface area contributed by atoms with Crippen molar-refractivity contribution in [2.24, 2.45) is 59.2 Å². The Kier molecular flexibility index (Phi) is 17.7. The minimum atomic E-state index is 0. The monoisotopic (exact) mass is 1040 g/mol. The van der Waals surface area contributed by atoms with E-state index in [0.29, 0.717) is 11.8 Å². The molecule has 6 aromatic rings. The van der Waals surface area contributed by atoms with Crippen molar-refractivity contribution >= 4 is 27.0 Å². The van der Waals surface area contributed by atoms with Crippen LogP contribution in [0.3, 0.4) is 0 Å². The van der Waals surface area contributed by atoms with Gasteiger partial charge in [0, 0.05) is 0 Å². The van der Waals surface area contributed by atoms with Crippen LogP contribution in [-0.4, -0.2) is 5.43 Å². The van der Waals surface area contributed by atoms with E-state index in [0.717, 1.165) is 59.2 Å². The van der Waals surface area contributed by atoms with Crippen molar-refractivity contribution in [3.8, 4) is 22.3 Å². The Labute approximate surface area is 440 Å². The van der Waals surface area contributed by atoms with Crippen molar-refractivity contribution in [3.63, 3.8) is 0 Å². The Bertz CT molecular complexity index is 2350. The molecule has 0 aliphatic heterocycles. The molecule has 2 atom stereocenters. The van der Waals surface area contributed by atoms with Gasteiger partial charge in [0.1, 0.15) is 0 Å². The molecule has 4 heteroatoms. The second kappa shape index (κ2) is 23.1. The summed E-state index contributed by atoms with van der Waals surface area (Å²) >= 11 is 1.79. The zero-order valence-electron chi connectivity index (χ0n) is 42.4. The molecule has 0 heterocycles. The van der Waals surface area contributed by atoms with Gasteiger partial charge in [-0.25, -0.2) is 0 Å². The van der Waals surface area contributed by atoms with Crippen LogP contribution >= 0.6 is 0 Å². The fourth-order valence-corrected chi connectivity index (χ4v) is 18.0. The van der Waals surface area contributed by atoms with Gasteiger partial charge >= 0.3 is 54.7 Å². The first-order chi connectivity index (χ1) is 32.1. The quantitative estimate of drug-likeness (QED) is 0.0846. The average molecular weight is 1040 g/mol. The van der Waals surface area contributed by atoms with Crippen LogP contribution in [0.5, 0.6) is 0 Å². The largest absolute Gasteiger partial charge is 1.00 e. The predicted molar refractivity (Wildman–Crippen MR) is 283 cm³/mol. The molecule has 8 bridgehead atoms. The van der Waals surface area contributed by atoms with E-state index < -0.39 is 0 Å². The molecule has 8 aliphatic carbocycles. The zero-order valence-corrected chi connectivity index (χ0v) is 47.4. The molecule has 8 saturated carbocycles. The summed E-state index contributed by atoms with van der Waals surface area (Å²) in [6.07, 6.45) is 21.8. The molecule has 0 nitrogen and oxygen atoms in total. The first-order valence-electron chi connectivity index (χ1n) is 27.2. The summed E-state index contributed by atoms with van der Waals surface area (Å²) in [6.45, 7) is 13.8. The van der Waals surface area contributed by atoms with Crippen LogP contribution in [0, 0.1) is 59.2 Å². The van der Waals surface area contributed by atoms with Crippen molar-refractivity contribution in [2.75, 3.05) is 0 Å². The molecule has 68 heavy (non-hydrogen) atoms. The van der Waals surface area contributed by atoms with Crippen molar-refractivity contribution < 1.29 is 48.1 Å². The van der Waals surface area contributed by atoms with E-state index >= 15 is 0 Å². The number of rotatable bonds is 12. The SMILES string of the molecule is CCC(C)c1ccc(-c2cccc3[cH-]c(CC4C5CC6CC(C5)CC4C6)cc23)cc1.CCC(C)c1ccc(-c2cccc3[cH-]c(CC4C5CC6CC(C5)CC4C6)cc23)cc1.CCC[Si](C)=[Zr+2].[Cl-].[Cl-]. The summed E-state index contributed by atoms with van der Waals surface area (Å²) in [5.41, 5.74) is 11.8. The van der Waals surface area contributed by atoms with Crippen molar-refractivity contribution in [3.05, 3.63) is 131 Å². The third kappa shape index (κ3) is 11.4. The van der Waals surface area contributed by atoms with E-state index in [-0.39, 0.29) is 30.2 Å². The number of hydrogen-bond donors (Lipinski definition) is 0. The third-order valence-corrected chi connectivity index (χ3v) is 21.9. The van der Waals surface area contributed by atoms with E-state index in [2.05, 4.69) is 150 Å². The number of halogens is 2. The van der Waals surface area contributed by atoms with E-state index in [4.69, 9.17) is 0 Å². The van der Waals surface area contributed by atoms with Crippen LogP contribution in [-0.2, 0) is 36.2 Å². The molecule has 0 aromatic heterocycles. The van der Waals surface area contributed by atoms with Gasteiger partial charge in [-0.15, -0.1) is 69.1 Å². The molecule has 0 spiro atoms. The maximum atomic E-state index is 2.53. The van der Waals surface area contributed by atoms with Crippen LogP contribution < -0.4 is 24.8 Å². The van der Waals surface area contributed by atoms with E-state index in [1.165, 1.54) is 144 Å². The van der Waals surface area contributed by atoms with Crippen LogP contribution in [0.1, 0.15) is 152 Å². The van der Waals surface area contributed by atoms with Crippen molar-refractivity contribution in [1.29, 1.82) is 0 Å². The molecule has 360 valence electrons. The first kappa shape index (κ1) is 52.1. The van der Waals surface area contributed by atoms with Crippen molar-refractivity contribution in [2.45, 2.75) is 155 Å². The summed E-state index contributed by atoms with van der Waals surface area (Å²) in [5.74, 6) is 11.6. The second-order valence-corrected chi connectivity index (χ2v) is 31.7. The molecular weight excluding hydrogens is 959 g/mol. The van der Waals surface area contributed by atoms with Gasteiger partial charge in [0.15, 0.2) is 0 Å². The standard InChI is InChI=1S/2C30H35.C4H10Si.2ClH.Zr/c2*1-3-19(2)23-7-9-24(10-8-23)28-6-4-5-25-12-22(18-30(25)28)17-29-26-13-20-11-21(15-26)16-27(29)14-20;1-3-4-5-2;;;/h2*4-10,12,18-21,26-27,29H,3,11,13-17H2,1-2H3;3-4H2,1-2H3;2*1H;/q2*-1;;;;+2/p-2. The Balaban J connectivity index is 0.000000160. The summed E-state index contributed by atoms with van der Waals surface area (Å²) in [5, 5.41) is 5.76. The fourth-order valence-electron chi connectivity index (χ4n) is 15.4. The molecular formula is C64H80Cl2SiZr-2. The summed E-state index contributed by atoms with van der Waals surface area (Å²) in [6, 6.07) is 44.0. The van der Waals surface area contributed by atoms with E-state index in [9.17, 15) is 0 Å². The van der Waals surface area contributed by atoms with Crippen LogP contribution in [0.2, 0.25) is 12.6 Å². The molecule has 14 rings (SSSR count). The second-order valence-electron chi connectivity index (χ2n) is 23.3. The van der Waals surface area contributed by atoms with Gasteiger partial charge in [0.25, 0.3) is 0 Å². The third-order valence-electron chi connectivity index (χ3n) is 18.8. The fraction of sp³-hybridized carbons (Fsp3) is 0.531. The van der Waals surface area contributed by atoms with Gasteiger partial charge in [-0.3, -0.25) is 0 Å². The molecule has 0 N–H and O–H groups in total. The number of hydrogen-bond acceptors (Lipinski definition) is 0. The average Bonchev–Trinajstić information content (AvgIpc) is 3.95. The Hall–Kier alpha value is -2.22. The number of fused-ring (bicyclic) bond motifs is 2. The molecule has 0 saturated heterocycles. The summed E-state index contributed by atoms with van der Waals surface area (Å²) in [7, 11) is 0. The maximum absolute atomic E-state index is 2.53. The molecule has 6 aromatic carbocycles. The first-order valence-corrected chi connectivity index (χ1v) is 33.1. The van der Waals surface area contributed by atoms with E-state index in [1.54, 1.807) is 47.3 Å². The summed E-state index contributed by atoms with van der Waals surface area (Å²) in [4.78, 5) is 0.